The normalized spacial score (nSPS) is 29.7. The van der Waals surface area contributed by atoms with E-state index < -0.39 is 124 Å². The Morgan fingerprint density at radius 3 is 1.29 bits per heavy atom. The molecule has 3 aliphatic rings. The lowest BCUT2D eigenvalue weighted by Crippen LogP contribution is -2.66. The van der Waals surface area contributed by atoms with Gasteiger partial charge >= 0.3 is 0 Å². The molecule has 1 amide bonds. The molecule has 0 radical (unpaired) electrons. The zero-order chi connectivity index (χ0) is 61.2. The largest absolute Gasteiger partial charge is 0.394 e. The van der Waals surface area contributed by atoms with E-state index in [-0.39, 0.29) is 18.9 Å². The third-order valence-corrected chi connectivity index (χ3v) is 15.8. The van der Waals surface area contributed by atoms with Crippen LogP contribution in [0.3, 0.4) is 0 Å². The van der Waals surface area contributed by atoms with Gasteiger partial charge in [-0.15, -0.1) is 0 Å². The minimum Gasteiger partial charge on any atom is -0.394 e. The zero-order valence-corrected chi connectivity index (χ0v) is 50.9. The van der Waals surface area contributed by atoms with Crippen LogP contribution in [0.25, 0.3) is 0 Å². The molecule has 0 spiro atoms. The van der Waals surface area contributed by atoms with Gasteiger partial charge in [-0.1, -0.05) is 202 Å². The van der Waals surface area contributed by atoms with Crippen molar-refractivity contribution in [3.63, 3.8) is 0 Å². The van der Waals surface area contributed by atoms with Crippen LogP contribution in [0.2, 0.25) is 0 Å². The van der Waals surface area contributed by atoms with Gasteiger partial charge in [-0.2, -0.15) is 0 Å². The van der Waals surface area contributed by atoms with Crippen molar-refractivity contribution < 1.29 is 89.4 Å². The third kappa shape index (κ3) is 30.0. The number of carbonyl (C=O) groups excluding carboxylic acids is 1. The maximum atomic E-state index is 13.3. The van der Waals surface area contributed by atoms with Crippen LogP contribution in [0.15, 0.2) is 72.9 Å². The molecular weight excluding hydrogens is 1080 g/mol. The van der Waals surface area contributed by atoms with E-state index in [4.69, 9.17) is 28.4 Å². The fourth-order valence-corrected chi connectivity index (χ4v) is 10.6. The van der Waals surface area contributed by atoms with Gasteiger partial charge in [0.25, 0.3) is 0 Å². The molecule has 3 rings (SSSR count). The molecule has 19 heteroatoms. The molecule has 486 valence electrons. The molecule has 0 aromatic heterocycles. The van der Waals surface area contributed by atoms with Crippen LogP contribution < -0.4 is 5.32 Å². The molecule has 17 unspecified atom stereocenters. The van der Waals surface area contributed by atoms with Crippen molar-refractivity contribution in [3.8, 4) is 0 Å². The summed E-state index contributed by atoms with van der Waals surface area (Å²) in [6, 6.07) is -0.892. The Morgan fingerprint density at radius 1 is 0.440 bits per heavy atom. The number of aliphatic hydroxyl groups is 11. The fourth-order valence-electron chi connectivity index (χ4n) is 10.6. The number of allylic oxidation sites excluding steroid dienone is 12. The van der Waals surface area contributed by atoms with Crippen molar-refractivity contribution in [1.82, 2.24) is 5.32 Å². The predicted molar refractivity (Wildman–Crippen MR) is 323 cm³/mol. The van der Waals surface area contributed by atoms with Gasteiger partial charge in [0, 0.05) is 6.42 Å². The molecule has 0 aromatic rings. The van der Waals surface area contributed by atoms with Crippen LogP contribution in [0, 0.1) is 0 Å². The summed E-state index contributed by atoms with van der Waals surface area (Å²) in [5.74, 6) is -0.253. The van der Waals surface area contributed by atoms with Crippen LogP contribution in [0.1, 0.15) is 200 Å². The highest BCUT2D eigenvalue weighted by atomic mass is 16.8. The first-order valence-electron chi connectivity index (χ1n) is 32.2. The van der Waals surface area contributed by atoms with Crippen molar-refractivity contribution in [2.24, 2.45) is 0 Å². The first-order valence-corrected chi connectivity index (χ1v) is 32.2. The van der Waals surface area contributed by atoms with Gasteiger partial charge in [-0.3, -0.25) is 4.79 Å². The average molecular weight is 1200 g/mol. The van der Waals surface area contributed by atoms with Crippen LogP contribution in [-0.2, 0) is 33.2 Å². The summed E-state index contributed by atoms with van der Waals surface area (Å²) in [4.78, 5) is 13.3. The second-order valence-corrected chi connectivity index (χ2v) is 22.8. The predicted octanol–water partition coefficient (Wildman–Crippen LogP) is 6.99. The summed E-state index contributed by atoms with van der Waals surface area (Å²) in [5, 5.41) is 120. The smallest absolute Gasteiger partial charge is 0.220 e. The van der Waals surface area contributed by atoms with E-state index in [1.54, 1.807) is 0 Å². The quantitative estimate of drug-likeness (QED) is 0.0216. The Morgan fingerprint density at radius 2 is 0.821 bits per heavy atom. The molecule has 0 saturated carbocycles. The summed E-state index contributed by atoms with van der Waals surface area (Å²) in [5.41, 5.74) is 0. The highest BCUT2D eigenvalue weighted by molar-refractivity contribution is 5.76. The first-order chi connectivity index (χ1) is 40.8. The molecule has 19 nitrogen and oxygen atoms in total. The monoisotopic (exact) mass is 1200 g/mol. The lowest BCUT2D eigenvalue weighted by atomic mass is 9.96. The van der Waals surface area contributed by atoms with Gasteiger partial charge in [-0.05, 0) is 64.2 Å². The minimum atomic E-state index is -1.97. The van der Waals surface area contributed by atoms with Gasteiger partial charge in [0.1, 0.15) is 73.2 Å². The Bertz CT molecular complexity index is 1810. The highest BCUT2D eigenvalue weighted by Crippen LogP contribution is 2.33. The summed E-state index contributed by atoms with van der Waals surface area (Å²) in [6.07, 6.45) is 30.0. The standard InChI is InChI=1S/C65H113NO18/c1-3-5-7-9-11-13-15-16-17-18-19-20-21-22-23-24-25-26-27-28-29-30-31-32-33-35-37-39-41-43-53(71)66-48(49(70)42-40-38-36-34-14-12-10-8-6-4-2)47-79-63-59(77)56(74)61(51(45-68)81-63)84-65-60(78)57(75)62(52(46-69)82-65)83-64-58(76)55(73)54(72)50(44-67)80-64/h5,7,11,13,16-17,19-20,22-23,25-26,48-52,54-65,67-70,72-78H,3-4,6,8-10,12,14-15,18,21,24,27-47H2,1-2H3,(H,66,71)/b7-5-,13-11-,17-16-,20-19-,23-22-,26-25-. The molecule has 0 aromatic carbocycles. The number of hydrogen-bond acceptors (Lipinski definition) is 18. The van der Waals surface area contributed by atoms with E-state index in [0.29, 0.717) is 12.8 Å². The molecule has 17 atom stereocenters. The van der Waals surface area contributed by atoms with Crippen molar-refractivity contribution in [3.05, 3.63) is 72.9 Å². The van der Waals surface area contributed by atoms with Crippen LogP contribution in [0.4, 0.5) is 0 Å². The molecule has 12 N–H and O–H groups in total. The Labute approximate surface area is 502 Å². The van der Waals surface area contributed by atoms with Crippen LogP contribution >= 0.6 is 0 Å². The molecule has 3 heterocycles. The number of hydrogen-bond donors (Lipinski definition) is 12. The minimum absolute atomic E-state index is 0.253. The lowest BCUT2D eigenvalue weighted by Gasteiger charge is -2.48. The van der Waals surface area contributed by atoms with E-state index in [1.165, 1.54) is 70.6 Å². The van der Waals surface area contributed by atoms with E-state index in [1.807, 2.05) is 0 Å². The van der Waals surface area contributed by atoms with Crippen molar-refractivity contribution in [2.45, 2.75) is 304 Å². The number of amides is 1. The fraction of sp³-hybridized carbons (Fsp3) is 0.800. The maximum absolute atomic E-state index is 13.3. The molecule has 0 bridgehead atoms. The molecule has 3 saturated heterocycles. The topological polar surface area (TPSA) is 307 Å². The number of nitrogens with one attached hydrogen (secondary N) is 1. The third-order valence-electron chi connectivity index (χ3n) is 15.8. The number of rotatable bonds is 47. The van der Waals surface area contributed by atoms with Gasteiger partial charge in [0.2, 0.25) is 5.91 Å². The maximum Gasteiger partial charge on any atom is 0.220 e. The average Bonchev–Trinajstić information content (AvgIpc) is 2.80. The van der Waals surface area contributed by atoms with Gasteiger partial charge in [-0.25, -0.2) is 0 Å². The van der Waals surface area contributed by atoms with E-state index >= 15 is 0 Å². The number of ether oxygens (including phenoxy) is 6. The van der Waals surface area contributed by atoms with Crippen molar-refractivity contribution in [2.75, 3.05) is 26.4 Å². The number of unbranched alkanes of at least 4 members (excludes halogenated alkanes) is 19. The van der Waals surface area contributed by atoms with Gasteiger partial charge < -0.3 is 89.9 Å². The van der Waals surface area contributed by atoms with Crippen molar-refractivity contribution in [1.29, 1.82) is 0 Å². The highest BCUT2D eigenvalue weighted by Gasteiger charge is 2.53. The number of aliphatic hydroxyl groups excluding tert-OH is 11. The zero-order valence-electron chi connectivity index (χ0n) is 50.9. The Balaban J connectivity index is 1.39. The van der Waals surface area contributed by atoms with E-state index in [9.17, 15) is 61.0 Å². The number of carbonyl (C=O) groups is 1. The van der Waals surface area contributed by atoms with Crippen LogP contribution in [-0.4, -0.2) is 193 Å². The SMILES string of the molecule is CC/C=C\C/C=C\C/C=C\C/C=C\C/C=C\C/C=C\CCCCCCCCCCCCC(=O)NC(COC1OC(CO)C(OC2OC(CO)C(OC3OC(CO)C(O)C(O)C3O)C(O)C2O)C(O)C1O)C(O)CCCCCCCCCCCC. The Hall–Kier alpha value is -2.77. The Kier molecular flexibility index (Phi) is 42.5. The summed E-state index contributed by atoms with van der Waals surface area (Å²) < 4.78 is 34.3. The van der Waals surface area contributed by atoms with E-state index in [2.05, 4.69) is 92.1 Å². The summed E-state index contributed by atoms with van der Waals surface area (Å²) in [7, 11) is 0. The molecule has 3 aliphatic heterocycles. The second kappa shape index (κ2) is 47.3. The van der Waals surface area contributed by atoms with Gasteiger partial charge in [0.15, 0.2) is 18.9 Å². The van der Waals surface area contributed by atoms with Crippen LogP contribution in [0.5, 0.6) is 0 Å². The molecule has 84 heavy (non-hydrogen) atoms. The van der Waals surface area contributed by atoms with E-state index in [0.717, 1.165) is 96.3 Å². The molecule has 3 fully saturated rings. The molecule has 0 aliphatic carbocycles. The summed E-state index contributed by atoms with van der Waals surface area (Å²) >= 11 is 0. The lowest BCUT2D eigenvalue weighted by molar-refractivity contribution is -0.379. The van der Waals surface area contributed by atoms with Gasteiger partial charge in [0.05, 0.1) is 38.6 Å². The van der Waals surface area contributed by atoms with Crippen molar-refractivity contribution >= 4 is 5.91 Å². The summed E-state index contributed by atoms with van der Waals surface area (Å²) in [6.45, 7) is 1.63. The molecular formula is C65H113NO18. The second-order valence-electron chi connectivity index (χ2n) is 22.8. The first kappa shape index (κ1) is 75.5.